The zero-order chi connectivity index (χ0) is 17.1. The van der Waals surface area contributed by atoms with Crippen LogP contribution in [0.1, 0.15) is 63.2 Å². The highest BCUT2D eigenvalue weighted by Gasteiger charge is 2.51. The van der Waals surface area contributed by atoms with E-state index in [4.69, 9.17) is 4.42 Å². The van der Waals surface area contributed by atoms with E-state index >= 15 is 0 Å². The lowest BCUT2D eigenvalue weighted by Gasteiger charge is -2.55. The number of nitrogens with zero attached hydrogens (tertiary/aromatic N) is 1. The van der Waals surface area contributed by atoms with Gasteiger partial charge in [-0.25, -0.2) is 0 Å². The van der Waals surface area contributed by atoms with Gasteiger partial charge in [0.05, 0.1) is 0 Å². The first-order valence-corrected chi connectivity index (χ1v) is 10.2. The summed E-state index contributed by atoms with van der Waals surface area (Å²) in [6.07, 6.45) is 7.55. The number of piperidine rings is 2. The predicted octanol–water partition coefficient (Wildman–Crippen LogP) is 5.07. The smallest absolute Gasteiger partial charge is 0.134 e. The SMILES string of the molecule is CCCC1Cc2c(oc3ccc(O)cc23)C2CC3CC(CC)C2N1C3. The van der Waals surface area contributed by atoms with Crippen LogP contribution in [-0.2, 0) is 6.42 Å². The van der Waals surface area contributed by atoms with Crippen molar-refractivity contribution in [3.8, 4) is 5.75 Å². The molecular formula is C22H29NO2. The van der Waals surface area contributed by atoms with Crippen molar-refractivity contribution in [1.82, 2.24) is 4.90 Å². The largest absolute Gasteiger partial charge is 0.508 e. The molecule has 3 aliphatic heterocycles. The molecule has 1 aromatic heterocycles. The third kappa shape index (κ3) is 2.28. The number of furan rings is 1. The molecule has 1 aliphatic carbocycles. The summed E-state index contributed by atoms with van der Waals surface area (Å²) in [5.74, 6) is 3.78. The van der Waals surface area contributed by atoms with Gasteiger partial charge in [-0.2, -0.15) is 0 Å². The molecule has 3 fully saturated rings. The van der Waals surface area contributed by atoms with Crippen LogP contribution in [0.25, 0.3) is 11.0 Å². The molecule has 6 atom stereocenters. The van der Waals surface area contributed by atoms with Gasteiger partial charge in [-0.3, -0.25) is 4.90 Å². The van der Waals surface area contributed by atoms with Crippen LogP contribution in [0.4, 0.5) is 0 Å². The molecular weight excluding hydrogens is 310 g/mol. The molecule has 3 heteroatoms. The van der Waals surface area contributed by atoms with Crippen LogP contribution in [0, 0.1) is 11.8 Å². The Bertz CT molecular complexity index is 795. The van der Waals surface area contributed by atoms with E-state index in [2.05, 4.69) is 18.7 Å². The first kappa shape index (κ1) is 15.7. The van der Waals surface area contributed by atoms with Gasteiger partial charge in [0, 0.05) is 35.5 Å². The maximum Gasteiger partial charge on any atom is 0.134 e. The van der Waals surface area contributed by atoms with Gasteiger partial charge in [0.1, 0.15) is 17.1 Å². The van der Waals surface area contributed by atoms with Gasteiger partial charge in [0.2, 0.25) is 0 Å². The molecule has 2 saturated heterocycles. The highest BCUT2D eigenvalue weighted by Crippen LogP contribution is 2.53. The van der Waals surface area contributed by atoms with Crippen LogP contribution in [0.3, 0.4) is 0 Å². The van der Waals surface area contributed by atoms with Crippen molar-refractivity contribution in [3.05, 3.63) is 29.5 Å². The van der Waals surface area contributed by atoms with Crippen molar-refractivity contribution in [1.29, 1.82) is 0 Å². The minimum absolute atomic E-state index is 0.351. The molecule has 3 nitrogen and oxygen atoms in total. The molecule has 1 saturated carbocycles. The lowest BCUT2D eigenvalue weighted by molar-refractivity contribution is -0.0443. The average Bonchev–Trinajstić information content (AvgIpc) is 2.94. The second kappa shape index (κ2) is 5.77. The molecule has 0 amide bonds. The molecule has 2 aromatic rings. The van der Waals surface area contributed by atoms with Gasteiger partial charge >= 0.3 is 0 Å². The van der Waals surface area contributed by atoms with Crippen molar-refractivity contribution in [3.63, 3.8) is 0 Å². The number of rotatable bonds is 3. The summed E-state index contributed by atoms with van der Waals surface area (Å²) in [5, 5.41) is 11.2. The maximum absolute atomic E-state index is 10.0. The number of phenols is 1. The lowest BCUT2D eigenvalue weighted by Crippen LogP contribution is -2.59. The minimum Gasteiger partial charge on any atom is -0.508 e. The Balaban J connectivity index is 1.69. The number of benzene rings is 1. The van der Waals surface area contributed by atoms with Crippen LogP contribution in [0.5, 0.6) is 5.75 Å². The molecule has 4 bridgehead atoms. The van der Waals surface area contributed by atoms with E-state index in [1.54, 1.807) is 6.07 Å². The Labute approximate surface area is 150 Å². The fourth-order valence-electron chi connectivity index (χ4n) is 6.24. The summed E-state index contributed by atoms with van der Waals surface area (Å²) in [5.41, 5.74) is 2.35. The Morgan fingerprint density at radius 3 is 2.92 bits per heavy atom. The van der Waals surface area contributed by atoms with Gasteiger partial charge in [0.25, 0.3) is 0 Å². The van der Waals surface area contributed by atoms with Crippen LogP contribution in [0.2, 0.25) is 0 Å². The van der Waals surface area contributed by atoms with E-state index in [0.717, 1.165) is 29.2 Å². The molecule has 134 valence electrons. The Kier molecular flexibility index (Phi) is 3.63. The summed E-state index contributed by atoms with van der Waals surface area (Å²) in [6, 6.07) is 6.90. The number of hydrogen-bond donors (Lipinski definition) is 1. The third-order valence-corrected chi connectivity index (χ3v) is 7.17. The van der Waals surface area contributed by atoms with E-state index in [9.17, 15) is 5.11 Å². The number of aromatic hydroxyl groups is 1. The Hall–Kier alpha value is -1.48. The van der Waals surface area contributed by atoms with Gasteiger partial charge in [-0.05, 0) is 55.7 Å². The second-order valence-electron chi connectivity index (χ2n) is 8.57. The van der Waals surface area contributed by atoms with E-state index in [-0.39, 0.29) is 0 Å². The third-order valence-electron chi connectivity index (χ3n) is 7.17. The van der Waals surface area contributed by atoms with Crippen molar-refractivity contribution in [2.24, 2.45) is 11.8 Å². The molecule has 1 N–H and O–H groups in total. The van der Waals surface area contributed by atoms with Gasteiger partial charge < -0.3 is 9.52 Å². The van der Waals surface area contributed by atoms with Crippen molar-refractivity contribution >= 4 is 11.0 Å². The average molecular weight is 339 g/mol. The predicted molar refractivity (Wildman–Crippen MR) is 100 cm³/mol. The van der Waals surface area contributed by atoms with Crippen LogP contribution in [-0.4, -0.2) is 28.6 Å². The summed E-state index contributed by atoms with van der Waals surface area (Å²) < 4.78 is 6.45. The lowest BCUT2D eigenvalue weighted by atomic mass is 9.65. The van der Waals surface area contributed by atoms with Crippen LogP contribution < -0.4 is 0 Å². The first-order valence-electron chi connectivity index (χ1n) is 10.2. The molecule has 0 spiro atoms. The van der Waals surface area contributed by atoms with E-state index in [0.29, 0.717) is 23.8 Å². The summed E-state index contributed by atoms with van der Waals surface area (Å²) in [6.45, 7) is 5.96. The minimum atomic E-state index is 0.351. The monoisotopic (exact) mass is 339 g/mol. The molecule has 6 rings (SSSR count). The van der Waals surface area contributed by atoms with E-state index in [1.165, 1.54) is 50.0 Å². The van der Waals surface area contributed by atoms with E-state index < -0.39 is 0 Å². The number of fused-ring (bicyclic) bond motifs is 4. The topological polar surface area (TPSA) is 36.6 Å². The van der Waals surface area contributed by atoms with Gasteiger partial charge in [-0.1, -0.05) is 26.7 Å². The summed E-state index contributed by atoms with van der Waals surface area (Å²) >= 11 is 0. The van der Waals surface area contributed by atoms with Crippen molar-refractivity contribution in [2.45, 2.75) is 70.4 Å². The summed E-state index contributed by atoms with van der Waals surface area (Å²) in [4.78, 5) is 2.87. The maximum atomic E-state index is 10.0. The van der Waals surface area contributed by atoms with E-state index in [1.807, 2.05) is 12.1 Å². The van der Waals surface area contributed by atoms with Crippen molar-refractivity contribution < 1.29 is 9.52 Å². The van der Waals surface area contributed by atoms with Crippen molar-refractivity contribution in [2.75, 3.05) is 6.54 Å². The molecule has 4 aliphatic rings. The van der Waals surface area contributed by atoms with Crippen LogP contribution in [0.15, 0.2) is 22.6 Å². The fourth-order valence-corrected chi connectivity index (χ4v) is 6.24. The Morgan fingerprint density at radius 1 is 1.24 bits per heavy atom. The zero-order valence-electron chi connectivity index (χ0n) is 15.4. The zero-order valence-corrected chi connectivity index (χ0v) is 15.4. The molecule has 6 unspecified atom stereocenters. The van der Waals surface area contributed by atoms with Gasteiger partial charge in [0.15, 0.2) is 0 Å². The number of hydrogen-bond acceptors (Lipinski definition) is 3. The molecule has 25 heavy (non-hydrogen) atoms. The quantitative estimate of drug-likeness (QED) is 0.848. The highest BCUT2D eigenvalue weighted by molar-refractivity contribution is 5.84. The first-order chi connectivity index (χ1) is 12.2. The Morgan fingerprint density at radius 2 is 2.12 bits per heavy atom. The second-order valence-corrected chi connectivity index (χ2v) is 8.57. The number of phenolic OH excluding ortho intramolecular Hbond substituents is 1. The molecule has 1 aromatic carbocycles. The fraction of sp³-hybridized carbons (Fsp3) is 0.636. The van der Waals surface area contributed by atoms with Gasteiger partial charge in [-0.15, -0.1) is 0 Å². The van der Waals surface area contributed by atoms with Crippen LogP contribution >= 0.6 is 0 Å². The molecule has 4 heterocycles. The normalized spacial score (nSPS) is 36.4. The summed E-state index contributed by atoms with van der Waals surface area (Å²) in [7, 11) is 0. The highest BCUT2D eigenvalue weighted by atomic mass is 16.3. The molecule has 0 radical (unpaired) electrons. The standard InChI is InChI=1S/C22H29NO2/c1-3-5-15-10-18-17-11-16(24)6-7-20(17)25-22(18)19-9-13-8-14(4-2)21(19)23(15)12-13/h6-7,11,13-15,19,21,24H,3-5,8-10,12H2,1-2H3.